The van der Waals surface area contributed by atoms with Gasteiger partial charge in [0.05, 0.1) is 0 Å². The fraction of sp³-hybridized carbons (Fsp3) is 0.500. The first-order valence-corrected chi connectivity index (χ1v) is 1.23. The van der Waals surface area contributed by atoms with Crippen molar-refractivity contribution in [3.05, 3.63) is 0 Å². The molecule has 0 amide bonds. The molecule has 0 fully saturated rings. The maximum atomic E-state index is 10.9. The van der Waals surface area contributed by atoms with Crippen LogP contribution in [0.25, 0.3) is 1.43 Å². The van der Waals surface area contributed by atoms with Gasteiger partial charge in [-0.15, -0.1) is 12.4 Å². The molecule has 0 rings (SSSR count). The maximum absolute atomic E-state index is 10.9. The third-order valence-corrected chi connectivity index (χ3v) is 0.231. The number of hydrogen-bond donors (Lipinski definition) is 1. The van der Waals surface area contributed by atoms with E-state index in [1.807, 2.05) is 0 Å². The number of carboxylic acids is 1. The third kappa shape index (κ3) is 3.73. The zero-order chi connectivity index (χ0) is 6.78. The summed E-state index contributed by atoms with van der Waals surface area (Å²) in [6.45, 7) is 0. The van der Waals surface area contributed by atoms with Crippen LogP contribution in [0, 0.1) is 0 Å². The summed E-state index contributed by atoms with van der Waals surface area (Å²) in [6, 6.07) is 0. The molecule has 0 bridgehead atoms. The Morgan fingerprint density at radius 2 is 2.00 bits per heavy atom. The second-order valence-electron chi connectivity index (χ2n) is 0.785. The molecular weight excluding hydrogens is 148 g/mol. The van der Waals surface area contributed by atoms with Crippen LogP contribution in [0.3, 0.4) is 0 Å². The van der Waals surface area contributed by atoms with Crippen LogP contribution >= 0.6 is 12.4 Å². The van der Waals surface area contributed by atoms with E-state index in [-0.39, 0.29) is 12.4 Å². The highest BCUT2D eigenvalue weighted by atomic mass is 35.5. The molecule has 0 aliphatic rings. The molecule has 0 saturated carbocycles. The summed E-state index contributed by atoms with van der Waals surface area (Å²) >= 11 is 0. The van der Waals surface area contributed by atoms with E-state index in [4.69, 9.17) is 1.43 Å². The van der Waals surface area contributed by atoms with Crippen LogP contribution in [0.15, 0.2) is 0 Å². The Labute approximate surface area is 50.2 Å². The molecule has 0 aliphatic heterocycles. The molecule has 0 spiro atoms. The third-order valence-electron chi connectivity index (χ3n) is 0.231. The Balaban J connectivity index is 0. The second-order valence-corrected chi connectivity index (χ2v) is 0.785. The molecular formula is C2H2ClF3O2. The molecule has 0 saturated heterocycles. The van der Waals surface area contributed by atoms with Gasteiger partial charge in [-0.05, 0) is 0 Å². The lowest BCUT2D eigenvalue weighted by Crippen LogP contribution is -2.21. The summed E-state index contributed by atoms with van der Waals surface area (Å²) in [4.78, 5) is 9.30. The number of alkyl halides is 3. The highest BCUT2D eigenvalue weighted by molar-refractivity contribution is 5.85. The van der Waals surface area contributed by atoms with E-state index in [9.17, 15) is 18.0 Å². The van der Waals surface area contributed by atoms with Gasteiger partial charge < -0.3 is 5.11 Å². The molecule has 50 valence electrons. The Bertz CT molecular complexity index is 102. The van der Waals surface area contributed by atoms with Crippen molar-refractivity contribution in [2.75, 3.05) is 0 Å². The molecule has 2 nitrogen and oxygen atoms in total. The Morgan fingerprint density at radius 3 is 2.00 bits per heavy atom. The molecule has 8 heavy (non-hydrogen) atoms. The molecule has 0 aromatic carbocycles. The number of carbonyl (C=O) groups is 1. The van der Waals surface area contributed by atoms with Gasteiger partial charge in [0, 0.05) is 0 Å². The normalized spacial score (nSPS) is 11.1. The average Bonchev–Trinajstić information content (AvgIpc) is 1.62. The van der Waals surface area contributed by atoms with Gasteiger partial charge in [0.15, 0.2) is 0 Å². The minimum atomic E-state index is -5.04. The lowest BCUT2D eigenvalue weighted by atomic mass is 10.7. The average molecular weight is 151 g/mol. The fourth-order valence-corrected chi connectivity index (χ4v) is 0. The van der Waals surface area contributed by atoms with Crippen LogP contribution in [0.5, 0.6) is 0 Å². The Morgan fingerprint density at radius 1 is 1.62 bits per heavy atom. The van der Waals surface area contributed by atoms with Crippen LogP contribution in [0.4, 0.5) is 13.2 Å². The number of rotatable bonds is 0. The van der Waals surface area contributed by atoms with Crippen LogP contribution in [0.2, 0.25) is 0 Å². The first-order valence-electron chi connectivity index (χ1n) is 1.63. The maximum Gasteiger partial charge on any atom is 0.490 e. The minimum Gasteiger partial charge on any atom is -0.475 e. The molecule has 0 aromatic rings. The predicted octanol–water partition coefficient (Wildman–Crippen LogP) is 1.06. The molecule has 1 N–H and O–H groups in total. The molecule has 0 aliphatic carbocycles. The van der Waals surface area contributed by atoms with Gasteiger partial charge in [0.2, 0.25) is 0 Å². The van der Waals surface area contributed by atoms with E-state index in [0.29, 0.717) is 0 Å². The van der Waals surface area contributed by atoms with Crippen LogP contribution in [-0.2, 0) is 4.79 Å². The molecule has 0 radical (unpaired) electrons. The monoisotopic (exact) mass is 151 g/mol. The topological polar surface area (TPSA) is 37.3 Å². The van der Waals surface area contributed by atoms with Gasteiger partial charge in [-0.25, -0.2) is 4.79 Å². The number of hydrogen-bond acceptors (Lipinski definition) is 2. The van der Waals surface area contributed by atoms with Gasteiger partial charge in [-0.1, -0.05) is 0 Å². The number of carboxylic acid groups (broad SMARTS) is 1. The Hall–Kier alpha value is -0.450. The van der Waals surface area contributed by atoms with E-state index >= 15 is 0 Å². The summed E-state index contributed by atoms with van der Waals surface area (Å²) in [7, 11) is 0. The van der Waals surface area contributed by atoms with Crippen molar-refractivity contribution in [2.24, 2.45) is 0 Å². The van der Waals surface area contributed by atoms with E-state index in [2.05, 4.69) is 5.11 Å². The van der Waals surface area contributed by atoms with Crippen molar-refractivity contribution in [3.8, 4) is 0 Å². The van der Waals surface area contributed by atoms with E-state index in [1.54, 1.807) is 0 Å². The van der Waals surface area contributed by atoms with Crippen molar-refractivity contribution < 1.29 is 23.1 Å². The molecule has 0 aromatic heterocycles. The largest absolute Gasteiger partial charge is 0.490 e. The summed E-state index contributed by atoms with van der Waals surface area (Å²) < 4.78 is 38.1. The van der Waals surface area contributed by atoms with E-state index in [1.165, 1.54) is 0 Å². The Kier molecular flexibility index (Phi) is 2.60. The van der Waals surface area contributed by atoms with Crippen molar-refractivity contribution in [3.63, 3.8) is 0 Å². The lowest BCUT2D eigenvalue weighted by molar-refractivity contribution is -0.192. The first kappa shape index (κ1) is 7.55. The number of aliphatic carboxylic acids is 1. The van der Waals surface area contributed by atoms with Gasteiger partial charge in [0.1, 0.15) is 0 Å². The standard InChI is InChI=1S/C2HF3O2.ClH/c3-2(4,5)1(6)7;/h(H,6,7);1H/i/hD. The van der Waals surface area contributed by atoms with E-state index in [0.717, 1.165) is 0 Å². The highest BCUT2D eigenvalue weighted by Crippen LogP contribution is 2.13. The summed E-state index contributed by atoms with van der Waals surface area (Å²) in [5.74, 6) is -2.50. The zero-order valence-electron chi connectivity index (χ0n) is 4.36. The molecule has 0 unspecified atom stereocenters. The van der Waals surface area contributed by atoms with Gasteiger partial charge in [0.25, 0.3) is 1.43 Å². The SMILES string of the molecule is Cl.[2H]OC(=O)C(F)(F)F. The summed E-state index contributed by atoms with van der Waals surface area (Å²) in [5, 5.41) is 2.60. The molecule has 0 heterocycles. The number of halogens is 4. The second kappa shape index (κ2) is 2.76. The van der Waals surface area contributed by atoms with Crippen LogP contribution in [-0.4, -0.2) is 17.3 Å². The fourth-order valence-electron chi connectivity index (χ4n) is 0. The van der Waals surface area contributed by atoms with Crippen LogP contribution < -0.4 is 0 Å². The quantitative estimate of drug-likeness (QED) is 0.562. The van der Waals surface area contributed by atoms with Crippen molar-refractivity contribution in [2.45, 2.75) is 6.18 Å². The lowest BCUT2D eigenvalue weighted by Gasteiger charge is -1.93. The van der Waals surface area contributed by atoms with Crippen molar-refractivity contribution in [1.82, 2.24) is 0 Å². The zero-order valence-corrected chi connectivity index (χ0v) is 4.18. The van der Waals surface area contributed by atoms with Crippen LogP contribution in [0.1, 0.15) is 0 Å². The van der Waals surface area contributed by atoms with E-state index < -0.39 is 12.1 Å². The first-order chi connectivity index (χ1) is 3.48. The summed E-state index contributed by atoms with van der Waals surface area (Å²) in [6.07, 6.45) is -5.04. The minimum absolute atomic E-state index is 0. The van der Waals surface area contributed by atoms with Gasteiger partial charge >= 0.3 is 12.1 Å². The van der Waals surface area contributed by atoms with Gasteiger partial charge in [-0.2, -0.15) is 13.2 Å². The molecule has 6 heteroatoms. The highest BCUT2D eigenvalue weighted by Gasteiger charge is 2.38. The van der Waals surface area contributed by atoms with Crippen molar-refractivity contribution >= 4 is 18.4 Å². The molecule has 0 atom stereocenters. The van der Waals surface area contributed by atoms with Crippen molar-refractivity contribution in [1.29, 1.82) is 1.43 Å². The smallest absolute Gasteiger partial charge is 0.475 e. The predicted molar refractivity (Wildman–Crippen MR) is 20.9 cm³/mol. The van der Waals surface area contributed by atoms with Gasteiger partial charge in [-0.3, -0.25) is 0 Å². The summed E-state index contributed by atoms with van der Waals surface area (Å²) in [5.41, 5.74) is 0.